The Labute approximate surface area is 89.1 Å². The van der Waals surface area contributed by atoms with E-state index in [1.807, 2.05) is 31.2 Å². The summed E-state index contributed by atoms with van der Waals surface area (Å²) in [6.07, 6.45) is 0. The Morgan fingerprint density at radius 2 is 2.27 bits per heavy atom. The Balaban J connectivity index is 2.10. The van der Waals surface area contributed by atoms with Crippen LogP contribution in [-0.4, -0.2) is 26.2 Å². The largest absolute Gasteiger partial charge is 0.458 e. The quantitative estimate of drug-likeness (QED) is 0.771. The number of methoxy groups -OCH3 is 1. The lowest BCUT2D eigenvalue weighted by atomic mass is 10.2. The minimum Gasteiger partial charge on any atom is -0.458 e. The molecule has 1 aromatic carbocycles. The number of rotatable bonds is 3. The molecular weight excluding hydrogens is 194 g/mol. The van der Waals surface area contributed by atoms with E-state index in [1.54, 1.807) is 7.11 Å². The highest BCUT2D eigenvalue weighted by Gasteiger charge is 2.32. The first-order valence-corrected chi connectivity index (χ1v) is 4.88. The minimum atomic E-state index is -0.662. The smallest absolute Gasteiger partial charge is 0.227 e. The molecule has 1 N–H and O–H groups in total. The van der Waals surface area contributed by atoms with Crippen molar-refractivity contribution in [3.8, 4) is 5.75 Å². The molecule has 1 aliphatic heterocycles. The molecule has 1 unspecified atom stereocenters. The summed E-state index contributed by atoms with van der Waals surface area (Å²) in [4.78, 5) is 0. The van der Waals surface area contributed by atoms with E-state index in [-0.39, 0.29) is 6.79 Å². The normalized spacial score (nSPS) is 23.9. The topological polar surface area (TPSA) is 39.7 Å². The van der Waals surface area contributed by atoms with Crippen molar-refractivity contribution < 1.29 is 14.2 Å². The maximum Gasteiger partial charge on any atom is 0.227 e. The van der Waals surface area contributed by atoms with E-state index < -0.39 is 5.79 Å². The Morgan fingerprint density at radius 1 is 1.47 bits per heavy atom. The van der Waals surface area contributed by atoms with Gasteiger partial charge in [0.1, 0.15) is 5.75 Å². The molecule has 0 amide bonds. The zero-order valence-corrected chi connectivity index (χ0v) is 8.95. The third-order valence-corrected chi connectivity index (χ3v) is 2.29. The van der Waals surface area contributed by atoms with Gasteiger partial charge in [0.25, 0.3) is 0 Å². The fourth-order valence-electron chi connectivity index (χ4n) is 1.49. The first-order chi connectivity index (χ1) is 7.23. The van der Waals surface area contributed by atoms with Crippen molar-refractivity contribution in [3.05, 3.63) is 24.3 Å². The molecule has 0 spiro atoms. The van der Waals surface area contributed by atoms with E-state index in [4.69, 9.17) is 14.2 Å². The third-order valence-electron chi connectivity index (χ3n) is 2.29. The molecule has 15 heavy (non-hydrogen) atoms. The van der Waals surface area contributed by atoms with Gasteiger partial charge in [-0.25, -0.2) is 0 Å². The fourth-order valence-corrected chi connectivity index (χ4v) is 1.49. The van der Waals surface area contributed by atoms with Crippen molar-refractivity contribution in [2.45, 2.75) is 12.7 Å². The Kier molecular flexibility index (Phi) is 2.79. The van der Waals surface area contributed by atoms with Gasteiger partial charge >= 0.3 is 0 Å². The van der Waals surface area contributed by atoms with Crippen LogP contribution in [0.15, 0.2) is 24.3 Å². The molecule has 2 rings (SSSR count). The lowest BCUT2D eigenvalue weighted by Gasteiger charge is -2.35. The lowest BCUT2D eigenvalue weighted by molar-refractivity contribution is -0.210. The van der Waals surface area contributed by atoms with E-state index in [1.165, 1.54) is 0 Å². The highest BCUT2D eigenvalue weighted by Crippen LogP contribution is 2.32. The molecule has 1 heterocycles. The van der Waals surface area contributed by atoms with Crippen LogP contribution in [0.2, 0.25) is 0 Å². The molecule has 0 fully saturated rings. The van der Waals surface area contributed by atoms with Gasteiger partial charge in [0, 0.05) is 14.0 Å². The molecule has 0 bridgehead atoms. The van der Waals surface area contributed by atoms with Gasteiger partial charge in [-0.05, 0) is 12.1 Å². The van der Waals surface area contributed by atoms with Crippen molar-refractivity contribution in [2.75, 3.05) is 25.8 Å². The predicted molar refractivity (Wildman–Crippen MR) is 56.9 cm³/mol. The maximum atomic E-state index is 5.76. The summed E-state index contributed by atoms with van der Waals surface area (Å²) >= 11 is 0. The first kappa shape index (κ1) is 10.3. The minimum absolute atomic E-state index is 0.223. The summed E-state index contributed by atoms with van der Waals surface area (Å²) in [5.41, 5.74) is 0.996. The van der Waals surface area contributed by atoms with Crippen molar-refractivity contribution in [1.29, 1.82) is 0 Å². The average Bonchev–Trinajstić information content (AvgIpc) is 2.26. The van der Waals surface area contributed by atoms with Crippen molar-refractivity contribution in [3.63, 3.8) is 0 Å². The standard InChI is InChI=1S/C11H15NO3/c1-11(14-8-13-2)7-12-9-5-3-4-6-10(9)15-11/h3-6,12H,7-8H2,1-2H3. The highest BCUT2D eigenvalue weighted by molar-refractivity contribution is 5.57. The van der Waals surface area contributed by atoms with Gasteiger partial charge in [0.05, 0.1) is 12.2 Å². The summed E-state index contributed by atoms with van der Waals surface area (Å²) in [5, 5.41) is 3.26. The number of hydrogen-bond acceptors (Lipinski definition) is 4. The van der Waals surface area contributed by atoms with Gasteiger partial charge in [-0.2, -0.15) is 0 Å². The van der Waals surface area contributed by atoms with Crippen molar-refractivity contribution in [1.82, 2.24) is 0 Å². The molecule has 82 valence electrons. The number of hydrogen-bond donors (Lipinski definition) is 1. The number of nitrogens with one attached hydrogen (secondary N) is 1. The molecule has 1 aliphatic rings. The van der Waals surface area contributed by atoms with Crippen molar-refractivity contribution >= 4 is 5.69 Å². The van der Waals surface area contributed by atoms with Gasteiger partial charge in [-0.15, -0.1) is 0 Å². The van der Waals surface area contributed by atoms with Crippen LogP contribution in [0.25, 0.3) is 0 Å². The van der Waals surface area contributed by atoms with Crippen LogP contribution >= 0.6 is 0 Å². The Morgan fingerprint density at radius 3 is 3.07 bits per heavy atom. The number of benzene rings is 1. The zero-order valence-electron chi connectivity index (χ0n) is 8.95. The lowest BCUT2D eigenvalue weighted by Crippen LogP contribution is -2.45. The van der Waals surface area contributed by atoms with E-state index >= 15 is 0 Å². The maximum absolute atomic E-state index is 5.76. The molecule has 4 heteroatoms. The first-order valence-electron chi connectivity index (χ1n) is 4.88. The highest BCUT2D eigenvalue weighted by atomic mass is 16.8. The number of para-hydroxylation sites is 2. The second-order valence-corrected chi connectivity index (χ2v) is 3.64. The summed E-state index contributed by atoms with van der Waals surface area (Å²) < 4.78 is 16.1. The number of ether oxygens (including phenoxy) is 3. The Bertz CT molecular complexity index is 342. The number of anilines is 1. The van der Waals surface area contributed by atoms with Crippen LogP contribution in [0.1, 0.15) is 6.92 Å². The second-order valence-electron chi connectivity index (χ2n) is 3.64. The summed E-state index contributed by atoms with van der Waals surface area (Å²) in [5.74, 6) is 0.145. The summed E-state index contributed by atoms with van der Waals surface area (Å²) in [6.45, 7) is 2.71. The monoisotopic (exact) mass is 209 g/mol. The molecular formula is C11H15NO3. The van der Waals surface area contributed by atoms with Crippen molar-refractivity contribution in [2.24, 2.45) is 0 Å². The summed E-state index contributed by atoms with van der Waals surface area (Å²) in [6, 6.07) is 7.79. The molecule has 1 atom stereocenters. The fraction of sp³-hybridized carbons (Fsp3) is 0.455. The van der Waals surface area contributed by atoms with E-state index in [2.05, 4.69) is 5.32 Å². The van der Waals surface area contributed by atoms with Crippen LogP contribution in [0.4, 0.5) is 5.69 Å². The zero-order chi connectivity index (χ0) is 10.7. The SMILES string of the molecule is COCOC1(C)CNc2ccccc2O1. The van der Waals surface area contributed by atoms with Crippen LogP contribution in [-0.2, 0) is 9.47 Å². The molecule has 4 nitrogen and oxygen atoms in total. The average molecular weight is 209 g/mol. The van der Waals surface area contributed by atoms with Gasteiger partial charge in [0.15, 0.2) is 6.79 Å². The van der Waals surface area contributed by atoms with Crippen LogP contribution in [0.5, 0.6) is 5.75 Å². The van der Waals surface area contributed by atoms with Gasteiger partial charge in [-0.1, -0.05) is 12.1 Å². The van der Waals surface area contributed by atoms with Gasteiger partial charge < -0.3 is 19.5 Å². The molecule has 0 radical (unpaired) electrons. The van der Waals surface area contributed by atoms with Crippen LogP contribution < -0.4 is 10.1 Å². The predicted octanol–water partition coefficient (Wildman–Crippen LogP) is 1.83. The van der Waals surface area contributed by atoms with Gasteiger partial charge in [-0.3, -0.25) is 0 Å². The summed E-state index contributed by atoms with van der Waals surface area (Å²) in [7, 11) is 1.59. The third kappa shape index (κ3) is 2.22. The molecule has 1 aromatic rings. The molecule has 0 saturated carbocycles. The number of fused-ring (bicyclic) bond motifs is 1. The van der Waals surface area contributed by atoms with E-state index in [9.17, 15) is 0 Å². The van der Waals surface area contributed by atoms with E-state index in [0.717, 1.165) is 11.4 Å². The van der Waals surface area contributed by atoms with Gasteiger partial charge in [0.2, 0.25) is 5.79 Å². The second kappa shape index (κ2) is 4.08. The Hall–Kier alpha value is -1.26. The van der Waals surface area contributed by atoms with E-state index in [0.29, 0.717) is 6.54 Å². The van der Waals surface area contributed by atoms with Crippen LogP contribution in [0, 0.1) is 0 Å². The van der Waals surface area contributed by atoms with Crippen LogP contribution in [0.3, 0.4) is 0 Å². The molecule has 0 saturated heterocycles. The molecule has 0 aliphatic carbocycles. The molecule has 0 aromatic heterocycles.